The Morgan fingerprint density at radius 3 is 2.58 bits per heavy atom. The first kappa shape index (κ1) is 9.30. The molecule has 1 amide bonds. The minimum Gasteiger partial charge on any atom is -0.320 e. The van der Waals surface area contributed by atoms with E-state index >= 15 is 0 Å². The summed E-state index contributed by atoms with van der Waals surface area (Å²) in [7, 11) is 0. The zero-order chi connectivity index (χ0) is 8.81. The van der Waals surface area contributed by atoms with Gasteiger partial charge < -0.3 is 4.90 Å². The molecule has 0 aromatic heterocycles. The van der Waals surface area contributed by atoms with Crippen molar-refractivity contribution in [2.45, 2.75) is 38.5 Å². The molecule has 2 heteroatoms. The molecule has 0 bridgehead atoms. The summed E-state index contributed by atoms with van der Waals surface area (Å²) in [5.41, 5.74) is 0. The molecule has 0 N–H and O–H groups in total. The third-order valence-electron chi connectivity index (χ3n) is 2.33. The van der Waals surface area contributed by atoms with Crippen LogP contribution in [-0.2, 0) is 4.79 Å². The van der Waals surface area contributed by atoms with E-state index < -0.39 is 0 Å². The van der Waals surface area contributed by atoms with Crippen LogP contribution in [0, 0.1) is 0 Å². The van der Waals surface area contributed by atoms with Crippen LogP contribution in [0.4, 0.5) is 0 Å². The van der Waals surface area contributed by atoms with Gasteiger partial charge in [0.2, 0.25) is 5.91 Å². The zero-order valence-electron chi connectivity index (χ0n) is 7.59. The maximum atomic E-state index is 11.4. The van der Waals surface area contributed by atoms with Gasteiger partial charge in [-0.2, -0.15) is 0 Å². The van der Waals surface area contributed by atoms with Gasteiger partial charge in [-0.15, -0.1) is 0 Å². The maximum Gasteiger partial charge on any atom is 0.226 e. The second kappa shape index (κ2) is 4.96. The molecule has 1 saturated heterocycles. The molecule has 68 valence electrons. The van der Waals surface area contributed by atoms with Crippen LogP contribution in [-0.4, -0.2) is 17.4 Å². The Morgan fingerprint density at radius 1 is 1.17 bits per heavy atom. The Morgan fingerprint density at radius 2 is 1.83 bits per heavy atom. The van der Waals surface area contributed by atoms with Crippen LogP contribution in [0.2, 0.25) is 0 Å². The first-order valence-electron chi connectivity index (χ1n) is 4.76. The summed E-state index contributed by atoms with van der Waals surface area (Å²) in [5.74, 6) is 0.243. The Kier molecular flexibility index (Phi) is 3.85. The lowest BCUT2D eigenvalue weighted by atomic mass is 10.1. The maximum absolute atomic E-state index is 11.4. The van der Waals surface area contributed by atoms with Crippen LogP contribution in [0.15, 0.2) is 12.8 Å². The highest BCUT2D eigenvalue weighted by atomic mass is 16.2. The molecule has 12 heavy (non-hydrogen) atoms. The van der Waals surface area contributed by atoms with Crippen LogP contribution in [0.25, 0.3) is 0 Å². The second-order valence-electron chi connectivity index (χ2n) is 3.29. The van der Waals surface area contributed by atoms with Gasteiger partial charge in [-0.05, 0) is 19.0 Å². The predicted molar refractivity (Wildman–Crippen MR) is 49.6 cm³/mol. The lowest BCUT2D eigenvalue weighted by Gasteiger charge is -2.16. The van der Waals surface area contributed by atoms with Crippen molar-refractivity contribution in [1.29, 1.82) is 0 Å². The first-order valence-corrected chi connectivity index (χ1v) is 4.76. The number of hydrogen-bond donors (Lipinski definition) is 0. The minimum absolute atomic E-state index is 0.243. The van der Waals surface area contributed by atoms with E-state index in [4.69, 9.17) is 0 Å². The molecule has 1 aliphatic rings. The lowest BCUT2D eigenvalue weighted by Crippen LogP contribution is -2.25. The average molecular weight is 167 g/mol. The molecule has 0 aliphatic carbocycles. The van der Waals surface area contributed by atoms with Crippen molar-refractivity contribution in [3.8, 4) is 0 Å². The van der Waals surface area contributed by atoms with Gasteiger partial charge >= 0.3 is 0 Å². The molecular weight excluding hydrogens is 150 g/mol. The third-order valence-corrected chi connectivity index (χ3v) is 2.33. The smallest absolute Gasteiger partial charge is 0.226 e. The normalized spacial score (nSPS) is 21.0. The molecule has 0 aromatic carbocycles. The minimum atomic E-state index is 0.243. The number of hydrogen-bond acceptors (Lipinski definition) is 1. The van der Waals surface area contributed by atoms with Crippen molar-refractivity contribution in [3.63, 3.8) is 0 Å². The van der Waals surface area contributed by atoms with E-state index in [2.05, 4.69) is 6.58 Å². The standard InChI is InChI=1S/C10H17NO/c1-2-11-9-7-5-3-4-6-8-10(11)12/h2H,1,3-9H2. The van der Waals surface area contributed by atoms with Gasteiger partial charge in [0, 0.05) is 13.0 Å². The van der Waals surface area contributed by atoms with Crippen molar-refractivity contribution in [2.24, 2.45) is 0 Å². The molecule has 0 unspecified atom stereocenters. The van der Waals surface area contributed by atoms with Gasteiger partial charge in [0.25, 0.3) is 0 Å². The van der Waals surface area contributed by atoms with E-state index in [0.717, 1.165) is 19.4 Å². The fraction of sp³-hybridized carbons (Fsp3) is 0.700. The van der Waals surface area contributed by atoms with Gasteiger partial charge in [0.1, 0.15) is 0 Å². The summed E-state index contributed by atoms with van der Waals surface area (Å²) in [4.78, 5) is 13.2. The van der Waals surface area contributed by atoms with E-state index in [0.29, 0.717) is 6.42 Å². The average Bonchev–Trinajstić information content (AvgIpc) is 2.17. The van der Waals surface area contributed by atoms with Crippen molar-refractivity contribution in [1.82, 2.24) is 4.90 Å². The SMILES string of the molecule is C=CN1CCCCCCCC1=O. The number of carbonyl (C=O) groups excluding carboxylic acids is 1. The Labute approximate surface area is 74.2 Å². The Balaban J connectivity index is 2.46. The highest BCUT2D eigenvalue weighted by Crippen LogP contribution is 2.11. The number of nitrogens with zero attached hydrogens (tertiary/aromatic N) is 1. The van der Waals surface area contributed by atoms with Gasteiger partial charge in [-0.3, -0.25) is 4.79 Å². The van der Waals surface area contributed by atoms with E-state index in [1.807, 2.05) is 0 Å². The summed E-state index contributed by atoms with van der Waals surface area (Å²) in [6, 6.07) is 0. The van der Waals surface area contributed by atoms with Gasteiger partial charge in [0.05, 0.1) is 0 Å². The molecule has 1 heterocycles. The lowest BCUT2D eigenvalue weighted by molar-refractivity contribution is -0.128. The zero-order valence-corrected chi connectivity index (χ0v) is 7.59. The molecule has 1 rings (SSSR count). The molecular formula is C10H17NO. The molecule has 0 saturated carbocycles. The highest BCUT2D eigenvalue weighted by Gasteiger charge is 2.10. The van der Waals surface area contributed by atoms with Crippen LogP contribution in [0.3, 0.4) is 0 Å². The summed E-state index contributed by atoms with van der Waals surface area (Å²) in [5, 5.41) is 0. The topological polar surface area (TPSA) is 20.3 Å². The molecule has 0 aromatic rings. The largest absolute Gasteiger partial charge is 0.320 e. The quantitative estimate of drug-likeness (QED) is 0.587. The van der Waals surface area contributed by atoms with E-state index in [9.17, 15) is 4.79 Å². The van der Waals surface area contributed by atoms with E-state index in [1.165, 1.54) is 19.3 Å². The fourth-order valence-corrected chi connectivity index (χ4v) is 1.55. The number of carbonyl (C=O) groups is 1. The third kappa shape index (κ3) is 2.68. The van der Waals surface area contributed by atoms with Gasteiger partial charge in [-0.1, -0.05) is 25.8 Å². The Hall–Kier alpha value is -0.790. The van der Waals surface area contributed by atoms with Crippen molar-refractivity contribution in [2.75, 3.05) is 6.54 Å². The Bertz CT molecular complexity index is 165. The molecule has 1 aliphatic heterocycles. The molecule has 0 spiro atoms. The van der Waals surface area contributed by atoms with E-state index in [1.54, 1.807) is 11.1 Å². The van der Waals surface area contributed by atoms with Crippen molar-refractivity contribution in [3.05, 3.63) is 12.8 Å². The molecule has 2 nitrogen and oxygen atoms in total. The fourth-order valence-electron chi connectivity index (χ4n) is 1.55. The van der Waals surface area contributed by atoms with Crippen LogP contribution in [0.5, 0.6) is 0 Å². The van der Waals surface area contributed by atoms with Crippen molar-refractivity contribution >= 4 is 5.91 Å². The molecule has 0 atom stereocenters. The van der Waals surface area contributed by atoms with Crippen LogP contribution in [0.1, 0.15) is 38.5 Å². The van der Waals surface area contributed by atoms with E-state index in [-0.39, 0.29) is 5.91 Å². The molecule has 0 radical (unpaired) electrons. The van der Waals surface area contributed by atoms with Gasteiger partial charge in [-0.25, -0.2) is 0 Å². The highest BCUT2D eigenvalue weighted by molar-refractivity contribution is 5.77. The van der Waals surface area contributed by atoms with Gasteiger partial charge in [0.15, 0.2) is 0 Å². The second-order valence-corrected chi connectivity index (χ2v) is 3.29. The monoisotopic (exact) mass is 167 g/mol. The number of rotatable bonds is 1. The van der Waals surface area contributed by atoms with Crippen molar-refractivity contribution < 1.29 is 4.79 Å². The number of amides is 1. The van der Waals surface area contributed by atoms with Crippen LogP contribution < -0.4 is 0 Å². The summed E-state index contributed by atoms with van der Waals surface area (Å²) in [6.07, 6.45) is 8.26. The van der Waals surface area contributed by atoms with Crippen LogP contribution >= 0.6 is 0 Å². The summed E-state index contributed by atoms with van der Waals surface area (Å²) in [6.45, 7) is 4.51. The first-order chi connectivity index (χ1) is 5.84. The summed E-state index contributed by atoms with van der Waals surface area (Å²) < 4.78 is 0. The summed E-state index contributed by atoms with van der Waals surface area (Å²) >= 11 is 0. The molecule has 1 fully saturated rings. The predicted octanol–water partition coefficient (Wildman–Crippen LogP) is 2.31.